The van der Waals surface area contributed by atoms with Crippen molar-refractivity contribution in [1.82, 2.24) is 9.55 Å². The fraction of sp³-hybridized carbons (Fsp3) is 0.121. The van der Waals surface area contributed by atoms with Crippen LogP contribution in [0, 0.1) is 0 Å². The first-order valence-electron chi connectivity index (χ1n) is 13.0. The molecule has 0 aliphatic carbocycles. The van der Waals surface area contributed by atoms with Gasteiger partial charge in [-0.1, -0.05) is 133 Å². The standard InChI is InChI=1S/C33H32BN2Si/c1-26(24-31(27-14-6-2-7-15-27)28-16-8-3-9-17-28)37-25-36-23-22-35-33(36)34-32(29-18-10-4-11-19-29)30-20-12-5-13-21-30/h2-24,31-32H,25,37H2,1H3. The van der Waals surface area contributed by atoms with Crippen molar-refractivity contribution in [3.05, 3.63) is 167 Å². The molecule has 1 aromatic heterocycles. The summed E-state index contributed by atoms with van der Waals surface area (Å²) in [5, 5.41) is 1.51. The van der Waals surface area contributed by atoms with Crippen molar-refractivity contribution >= 4 is 22.5 Å². The number of hydrogen-bond acceptors (Lipinski definition) is 1. The summed E-state index contributed by atoms with van der Waals surface area (Å²) >= 11 is 0. The van der Waals surface area contributed by atoms with Crippen LogP contribution in [0.15, 0.2) is 145 Å². The highest BCUT2D eigenvalue weighted by atomic mass is 28.2. The van der Waals surface area contributed by atoms with E-state index in [1.165, 1.54) is 27.5 Å². The van der Waals surface area contributed by atoms with Gasteiger partial charge in [-0.25, -0.2) is 0 Å². The Hall–Kier alpha value is -3.89. The molecule has 1 radical (unpaired) electrons. The van der Waals surface area contributed by atoms with Crippen LogP contribution in [0.3, 0.4) is 0 Å². The van der Waals surface area contributed by atoms with Gasteiger partial charge in [-0.3, -0.25) is 4.98 Å². The normalized spacial score (nSPS) is 12.0. The topological polar surface area (TPSA) is 17.8 Å². The van der Waals surface area contributed by atoms with Crippen molar-refractivity contribution in [3.63, 3.8) is 0 Å². The molecule has 181 valence electrons. The molecule has 2 nitrogen and oxygen atoms in total. The molecule has 0 aliphatic rings. The molecular weight excluding hydrogens is 463 g/mol. The van der Waals surface area contributed by atoms with E-state index in [4.69, 9.17) is 4.98 Å². The lowest BCUT2D eigenvalue weighted by Crippen LogP contribution is -2.32. The minimum absolute atomic E-state index is 0.169. The van der Waals surface area contributed by atoms with E-state index in [1.807, 2.05) is 6.20 Å². The van der Waals surface area contributed by atoms with E-state index in [1.54, 1.807) is 0 Å². The van der Waals surface area contributed by atoms with Gasteiger partial charge in [0.15, 0.2) is 0 Å². The fourth-order valence-electron chi connectivity index (χ4n) is 4.89. The van der Waals surface area contributed by atoms with Crippen LogP contribution >= 0.6 is 0 Å². The molecule has 0 spiro atoms. The first kappa shape index (κ1) is 24.8. The predicted molar refractivity (Wildman–Crippen MR) is 159 cm³/mol. The maximum absolute atomic E-state index is 4.75. The lowest BCUT2D eigenvalue weighted by Gasteiger charge is -2.18. The van der Waals surface area contributed by atoms with Crippen LogP contribution in [0.5, 0.6) is 0 Å². The van der Waals surface area contributed by atoms with Gasteiger partial charge in [-0.2, -0.15) is 0 Å². The first-order chi connectivity index (χ1) is 18.3. The van der Waals surface area contributed by atoms with E-state index < -0.39 is 9.52 Å². The highest BCUT2D eigenvalue weighted by molar-refractivity contribution is 6.54. The van der Waals surface area contributed by atoms with Crippen molar-refractivity contribution < 1.29 is 0 Å². The molecule has 0 unspecified atom stereocenters. The summed E-state index contributed by atoms with van der Waals surface area (Å²) in [5.41, 5.74) is 6.29. The third kappa shape index (κ3) is 6.46. The molecule has 0 saturated heterocycles. The monoisotopic (exact) mass is 495 g/mol. The first-order valence-corrected chi connectivity index (χ1v) is 14.7. The maximum atomic E-state index is 4.75. The average Bonchev–Trinajstić information content (AvgIpc) is 3.42. The number of benzene rings is 4. The molecule has 0 atom stereocenters. The summed E-state index contributed by atoms with van der Waals surface area (Å²) in [7, 11) is 1.81. The molecule has 1 heterocycles. The largest absolute Gasteiger partial charge is 0.347 e. The van der Waals surface area contributed by atoms with Crippen LogP contribution in [0.2, 0.25) is 0 Å². The van der Waals surface area contributed by atoms with Gasteiger partial charge in [0.05, 0.1) is 15.2 Å². The van der Waals surface area contributed by atoms with E-state index >= 15 is 0 Å². The highest BCUT2D eigenvalue weighted by Crippen LogP contribution is 2.27. The van der Waals surface area contributed by atoms with Crippen molar-refractivity contribution in [3.8, 4) is 0 Å². The zero-order valence-electron chi connectivity index (χ0n) is 21.3. The molecule has 0 fully saturated rings. The van der Waals surface area contributed by atoms with Crippen molar-refractivity contribution in [2.24, 2.45) is 0 Å². The van der Waals surface area contributed by atoms with E-state index in [2.05, 4.69) is 152 Å². The Morgan fingerprint density at radius 2 is 1.19 bits per heavy atom. The second kappa shape index (κ2) is 12.4. The molecule has 37 heavy (non-hydrogen) atoms. The van der Waals surface area contributed by atoms with Crippen LogP contribution < -0.4 is 5.72 Å². The van der Waals surface area contributed by atoms with Crippen LogP contribution in [0.4, 0.5) is 0 Å². The Morgan fingerprint density at radius 3 is 1.68 bits per heavy atom. The van der Waals surface area contributed by atoms with Crippen LogP contribution in [0.1, 0.15) is 40.9 Å². The number of allylic oxidation sites excluding steroid dienone is 2. The summed E-state index contributed by atoms with van der Waals surface area (Å²) in [6.07, 6.45) is 7.57. The number of hydrogen-bond donors (Lipinski definition) is 0. The quantitative estimate of drug-likeness (QED) is 0.222. The molecule has 5 rings (SSSR count). The van der Waals surface area contributed by atoms with E-state index in [0.717, 1.165) is 11.9 Å². The summed E-state index contributed by atoms with van der Waals surface area (Å²) in [6.45, 7) is 2.31. The lowest BCUT2D eigenvalue weighted by molar-refractivity contribution is 0.900. The molecule has 0 amide bonds. The van der Waals surface area contributed by atoms with Gasteiger partial charge in [0.1, 0.15) is 0 Å². The number of imidazole rings is 1. The lowest BCUT2D eigenvalue weighted by atomic mass is 9.58. The third-order valence-electron chi connectivity index (χ3n) is 6.90. The Kier molecular flexibility index (Phi) is 8.29. The predicted octanol–water partition coefficient (Wildman–Crippen LogP) is 5.86. The van der Waals surface area contributed by atoms with Gasteiger partial charge in [0, 0.05) is 24.5 Å². The second-order valence-corrected chi connectivity index (χ2v) is 11.6. The van der Waals surface area contributed by atoms with Gasteiger partial charge in [0.2, 0.25) is 7.28 Å². The smallest absolute Gasteiger partial charge is 0.215 e. The Labute approximate surface area is 223 Å². The molecule has 0 bridgehead atoms. The average molecular weight is 496 g/mol. The van der Waals surface area contributed by atoms with Crippen molar-refractivity contribution in [2.45, 2.75) is 24.8 Å². The molecule has 0 N–H and O–H groups in total. The number of rotatable bonds is 10. The fourth-order valence-corrected chi connectivity index (χ4v) is 6.27. The molecule has 4 aromatic carbocycles. The summed E-state index contributed by atoms with van der Waals surface area (Å²) in [5.74, 6) is 0.451. The minimum Gasteiger partial charge on any atom is -0.347 e. The van der Waals surface area contributed by atoms with Crippen LogP contribution in [-0.4, -0.2) is 26.4 Å². The zero-order chi connectivity index (χ0) is 25.3. The second-order valence-electron chi connectivity index (χ2n) is 9.51. The summed E-state index contributed by atoms with van der Waals surface area (Å²) < 4.78 is 2.34. The number of aromatic nitrogens is 2. The van der Waals surface area contributed by atoms with Gasteiger partial charge in [-0.05, 0) is 35.0 Å². The SMILES string of the molecule is CC(=CC(c1ccccc1)c1ccccc1)[SiH2]Cn1ccnc1[B]C(c1ccccc1)c1ccccc1. The molecule has 0 aliphatic heterocycles. The van der Waals surface area contributed by atoms with E-state index in [0.29, 0.717) is 0 Å². The van der Waals surface area contributed by atoms with Gasteiger partial charge >= 0.3 is 0 Å². The van der Waals surface area contributed by atoms with Crippen molar-refractivity contribution in [2.75, 3.05) is 0 Å². The van der Waals surface area contributed by atoms with Crippen molar-refractivity contribution in [1.29, 1.82) is 0 Å². The molecular formula is C33H32BN2Si. The van der Waals surface area contributed by atoms with E-state index in [-0.39, 0.29) is 11.7 Å². The van der Waals surface area contributed by atoms with Gasteiger partial charge < -0.3 is 4.57 Å². The van der Waals surface area contributed by atoms with Crippen LogP contribution in [0.25, 0.3) is 0 Å². The zero-order valence-corrected chi connectivity index (χ0v) is 22.7. The van der Waals surface area contributed by atoms with Gasteiger partial charge in [-0.15, -0.1) is 0 Å². The number of nitrogens with zero attached hydrogens (tertiary/aromatic N) is 2. The summed E-state index contributed by atoms with van der Waals surface area (Å²) in [4.78, 5) is 4.75. The van der Waals surface area contributed by atoms with E-state index in [9.17, 15) is 0 Å². The molecule has 5 aromatic rings. The Morgan fingerprint density at radius 1 is 0.730 bits per heavy atom. The maximum Gasteiger partial charge on any atom is 0.215 e. The highest BCUT2D eigenvalue weighted by Gasteiger charge is 2.19. The third-order valence-corrected chi connectivity index (χ3v) is 8.63. The molecule has 4 heteroatoms. The van der Waals surface area contributed by atoms with Crippen LogP contribution in [-0.2, 0) is 6.17 Å². The Balaban J connectivity index is 1.34. The van der Waals surface area contributed by atoms with Gasteiger partial charge in [0.25, 0.3) is 0 Å². The minimum atomic E-state index is -0.503. The Bertz CT molecular complexity index is 1320. The molecule has 0 saturated carbocycles. The summed E-state index contributed by atoms with van der Waals surface area (Å²) in [6, 6.07) is 43.1.